The molecule has 24 heavy (non-hydrogen) atoms. The number of nitrogens with zero attached hydrogens (tertiary/aromatic N) is 2. The second-order valence-electron chi connectivity index (χ2n) is 8.18. The molecule has 0 spiro atoms. The molecule has 0 radical (unpaired) electrons. The summed E-state index contributed by atoms with van der Waals surface area (Å²) in [5, 5.41) is 0. The molecule has 3 heteroatoms. The topological polar surface area (TPSA) is 23.6 Å². The van der Waals surface area contributed by atoms with Crippen LogP contribution in [0.1, 0.15) is 44.7 Å². The summed E-state index contributed by atoms with van der Waals surface area (Å²) in [6, 6.07) is 8.71. The van der Waals surface area contributed by atoms with Crippen LogP contribution in [-0.2, 0) is 15.6 Å². The smallest absolute Gasteiger partial charge is 0.233 e. The van der Waals surface area contributed by atoms with Crippen LogP contribution in [0, 0.1) is 12.3 Å². The van der Waals surface area contributed by atoms with Crippen LogP contribution in [0.5, 0.6) is 0 Å². The molecule has 1 aromatic carbocycles. The fourth-order valence-corrected chi connectivity index (χ4v) is 3.58. The van der Waals surface area contributed by atoms with E-state index in [0.29, 0.717) is 12.5 Å². The van der Waals surface area contributed by atoms with Gasteiger partial charge in [-0.3, -0.25) is 9.69 Å². The van der Waals surface area contributed by atoms with Gasteiger partial charge in [0.05, 0.1) is 12.0 Å². The van der Waals surface area contributed by atoms with Crippen LogP contribution >= 0.6 is 0 Å². The van der Waals surface area contributed by atoms with Crippen molar-refractivity contribution in [3.63, 3.8) is 0 Å². The van der Waals surface area contributed by atoms with Gasteiger partial charge in [-0.05, 0) is 29.4 Å². The lowest BCUT2D eigenvalue weighted by atomic mass is 9.84. The number of carbonyl (C=O) groups excluding carboxylic acids is 1. The number of terminal acetylenes is 1. The van der Waals surface area contributed by atoms with Crippen molar-refractivity contribution < 1.29 is 4.79 Å². The third-order valence-corrected chi connectivity index (χ3v) is 5.44. The molecular formula is C21H28N2O. The van der Waals surface area contributed by atoms with E-state index in [1.807, 2.05) is 4.90 Å². The van der Waals surface area contributed by atoms with E-state index in [0.717, 1.165) is 39.0 Å². The van der Waals surface area contributed by atoms with Gasteiger partial charge in [0.15, 0.2) is 0 Å². The maximum atomic E-state index is 13.1. The minimum Gasteiger partial charge on any atom is -0.339 e. The quantitative estimate of drug-likeness (QED) is 0.798. The second-order valence-corrected chi connectivity index (χ2v) is 8.18. The highest BCUT2D eigenvalue weighted by molar-refractivity contribution is 5.91. The molecule has 1 aliphatic heterocycles. The van der Waals surface area contributed by atoms with Crippen molar-refractivity contribution in [2.45, 2.75) is 44.4 Å². The summed E-state index contributed by atoms with van der Waals surface area (Å²) >= 11 is 0. The highest BCUT2D eigenvalue weighted by Gasteiger charge is 2.53. The average Bonchev–Trinajstić information content (AvgIpc) is 3.36. The van der Waals surface area contributed by atoms with E-state index in [4.69, 9.17) is 6.42 Å². The molecule has 0 N–H and O–H groups in total. The summed E-state index contributed by atoms with van der Waals surface area (Å²) in [4.78, 5) is 17.4. The summed E-state index contributed by atoms with van der Waals surface area (Å²) in [5.74, 6) is 3.00. The van der Waals surface area contributed by atoms with Gasteiger partial charge in [-0.25, -0.2) is 0 Å². The first-order valence-corrected chi connectivity index (χ1v) is 8.93. The Balaban J connectivity index is 1.70. The van der Waals surface area contributed by atoms with E-state index in [9.17, 15) is 4.79 Å². The molecule has 2 fully saturated rings. The lowest BCUT2D eigenvalue weighted by molar-refractivity contribution is -0.135. The molecular weight excluding hydrogens is 296 g/mol. The van der Waals surface area contributed by atoms with Crippen molar-refractivity contribution >= 4 is 5.91 Å². The van der Waals surface area contributed by atoms with Crippen LogP contribution in [0.3, 0.4) is 0 Å². The molecule has 0 aromatic heterocycles. The minimum atomic E-state index is -0.259. The zero-order chi connectivity index (χ0) is 17.4. The van der Waals surface area contributed by atoms with E-state index < -0.39 is 0 Å². The van der Waals surface area contributed by atoms with E-state index in [2.05, 4.69) is 55.9 Å². The third-order valence-electron chi connectivity index (χ3n) is 5.44. The molecule has 1 amide bonds. The predicted octanol–water partition coefficient (Wildman–Crippen LogP) is 2.79. The number of carbonyl (C=O) groups is 1. The first kappa shape index (κ1) is 17.0. The number of piperazine rings is 1. The highest BCUT2D eigenvalue weighted by atomic mass is 16.2. The molecule has 1 saturated heterocycles. The molecule has 1 saturated carbocycles. The Morgan fingerprint density at radius 2 is 1.71 bits per heavy atom. The van der Waals surface area contributed by atoms with Crippen LogP contribution in [-0.4, -0.2) is 48.4 Å². The van der Waals surface area contributed by atoms with Crippen LogP contribution in [0.4, 0.5) is 0 Å². The molecule has 0 unspecified atom stereocenters. The molecule has 3 nitrogen and oxygen atoms in total. The molecule has 3 rings (SSSR count). The summed E-state index contributed by atoms with van der Waals surface area (Å²) < 4.78 is 0. The van der Waals surface area contributed by atoms with E-state index in [1.54, 1.807) is 0 Å². The number of hydrogen-bond donors (Lipinski definition) is 0. The summed E-state index contributed by atoms with van der Waals surface area (Å²) in [6.45, 7) is 10.7. The lowest BCUT2D eigenvalue weighted by Crippen LogP contribution is -2.51. The number of hydrogen-bond acceptors (Lipinski definition) is 2. The Labute approximate surface area is 146 Å². The Kier molecular flexibility index (Phi) is 4.44. The second kappa shape index (κ2) is 6.26. The van der Waals surface area contributed by atoms with E-state index in [-0.39, 0.29) is 10.8 Å². The molecule has 128 valence electrons. The third kappa shape index (κ3) is 3.21. The molecule has 1 heterocycles. The molecule has 0 bridgehead atoms. The van der Waals surface area contributed by atoms with Crippen LogP contribution in [0.2, 0.25) is 0 Å². The fraction of sp³-hybridized carbons (Fsp3) is 0.571. The van der Waals surface area contributed by atoms with Crippen molar-refractivity contribution in [3.05, 3.63) is 35.4 Å². The summed E-state index contributed by atoms with van der Waals surface area (Å²) in [7, 11) is 0. The SMILES string of the molecule is C#CCN1CCN(C(=O)C2(c3ccc(C(C)(C)C)cc3)CC2)CC1. The summed E-state index contributed by atoms with van der Waals surface area (Å²) in [6.07, 6.45) is 7.33. The van der Waals surface area contributed by atoms with E-state index >= 15 is 0 Å². The Morgan fingerprint density at radius 3 is 2.17 bits per heavy atom. The van der Waals surface area contributed by atoms with Gasteiger partial charge in [0, 0.05) is 26.2 Å². The first-order valence-electron chi connectivity index (χ1n) is 8.93. The minimum absolute atomic E-state index is 0.145. The maximum Gasteiger partial charge on any atom is 0.233 e. The Bertz CT molecular complexity index is 636. The predicted molar refractivity (Wildman–Crippen MR) is 97.9 cm³/mol. The van der Waals surface area contributed by atoms with Gasteiger partial charge in [-0.1, -0.05) is 51.0 Å². The van der Waals surface area contributed by atoms with Gasteiger partial charge in [-0.2, -0.15) is 0 Å². The molecule has 1 aromatic rings. The van der Waals surface area contributed by atoms with Crippen LogP contribution in [0.15, 0.2) is 24.3 Å². The van der Waals surface area contributed by atoms with Crippen molar-refractivity contribution in [3.8, 4) is 12.3 Å². The monoisotopic (exact) mass is 324 g/mol. The highest BCUT2D eigenvalue weighted by Crippen LogP contribution is 2.50. The zero-order valence-corrected chi connectivity index (χ0v) is 15.1. The van der Waals surface area contributed by atoms with Gasteiger partial charge < -0.3 is 4.90 Å². The van der Waals surface area contributed by atoms with Gasteiger partial charge >= 0.3 is 0 Å². The van der Waals surface area contributed by atoms with Crippen LogP contribution < -0.4 is 0 Å². The van der Waals surface area contributed by atoms with Crippen LogP contribution in [0.25, 0.3) is 0 Å². The number of rotatable bonds is 3. The Morgan fingerprint density at radius 1 is 1.12 bits per heavy atom. The fourth-order valence-electron chi connectivity index (χ4n) is 3.58. The van der Waals surface area contributed by atoms with E-state index in [1.165, 1.54) is 11.1 Å². The Hall–Kier alpha value is -1.79. The molecule has 1 aliphatic carbocycles. The first-order chi connectivity index (χ1) is 11.4. The van der Waals surface area contributed by atoms with Crippen molar-refractivity contribution in [2.75, 3.05) is 32.7 Å². The average molecular weight is 324 g/mol. The van der Waals surface area contributed by atoms with Gasteiger partial charge in [0.25, 0.3) is 0 Å². The van der Waals surface area contributed by atoms with Crippen molar-refractivity contribution in [2.24, 2.45) is 0 Å². The van der Waals surface area contributed by atoms with Gasteiger partial charge in [0.1, 0.15) is 0 Å². The van der Waals surface area contributed by atoms with Crippen molar-refractivity contribution in [1.29, 1.82) is 0 Å². The van der Waals surface area contributed by atoms with Gasteiger partial charge in [0.2, 0.25) is 5.91 Å². The normalized spacial score (nSPS) is 20.5. The van der Waals surface area contributed by atoms with Crippen molar-refractivity contribution in [1.82, 2.24) is 9.80 Å². The maximum absolute atomic E-state index is 13.1. The van der Waals surface area contributed by atoms with Gasteiger partial charge in [-0.15, -0.1) is 6.42 Å². The largest absolute Gasteiger partial charge is 0.339 e. The molecule has 0 atom stereocenters. The molecule has 2 aliphatic rings. The zero-order valence-electron chi connectivity index (χ0n) is 15.1. The standard InChI is InChI=1S/C21H28N2O/c1-5-12-22-13-15-23(16-14-22)19(24)21(10-11-21)18-8-6-17(7-9-18)20(2,3)4/h1,6-9H,10-16H2,2-4H3. The number of benzene rings is 1. The lowest BCUT2D eigenvalue weighted by Gasteiger charge is -2.36. The summed E-state index contributed by atoms with van der Waals surface area (Å²) in [5.41, 5.74) is 2.39. The number of amides is 1.